The summed E-state index contributed by atoms with van der Waals surface area (Å²) in [6, 6.07) is 0. The Hall–Kier alpha value is -0.370. The van der Waals surface area contributed by atoms with Crippen LogP contribution in [0.5, 0.6) is 0 Å². The Balaban J connectivity index is 1.67. The Labute approximate surface area is 160 Å². The zero-order valence-corrected chi connectivity index (χ0v) is 17.1. The first-order chi connectivity index (χ1) is 12.4. The SMILES string of the molecule is c1nsc(C2CCCCCCCCC2)c1C1CCCCCCCCC1. The van der Waals surface area contributed by atoms with Gasteiger partial charge in [-0.05, 0) is 54.6 Å². The highest BCUT2D eigenvalue weighted by molar-refractivity contribution is 7.06. The van der Waals surface area contributed by atoms with Gasteiger partial charge in [0.1, 0.15) is 0 Å². The summed E-state index contributed by atoms with van der Waals surface area (Å²) in [5, 5.41) is 0. The fraction of sp³-hybridized carbons (Fsp3) is 0.870. The molecule has 142 valence electrons. The molecule has 0 atom stereocenters. The van der Waals surface area contributed by atoms with Gasteiger partial charge in [0.25, 0.3) is 0 Å². The second-order valence-corrected chi connectivity index (χ2v) is 9.48. The second kappa shape index (κ2) is 11.4. The predicted molar refractivity (Wildman–Crippen MR) is 111 cm³/mol. The van der Waals surface area contributed by atoms with Crippen LogP contribution in [-0.2, 0) is 0 Å². The van der Waals surface area contributed by atoms with Gasteiger partial charge in [0, 0.05) is 11.1 Å². The van der Waals surface area contributed by atoms with Crippen LogP contribution in [0.15, 0.2) is 6.20 Å². The fourth-order valence-electron chi connectivity index (χ4n) is 5.07. The molecule has 2 heteroatoms. The van der Waals surface area contributed by atoms with Crippen molar-refractivity contribution >= 4 is 11.5 Å². The Morgan fingerprint density at radius 3 is 1.44 bits per heavy atom. The van der Waals surface area contributed by atoms with Crippen molar-refractivity contribution in [1.29, 1.82) is 0 Å². The molecule has 2 aliphatic rings. The highest BCUT2D eigenvalue weighted by atomic mass is 32.1. The Morgan fingerprint density at radius 2 is 0.960 bits per heavy atom. The van der Waals surface area contributed by atoms with Gasteiger partial charge < -0.3 is 0 Å². The molecule has 0 N–H and O–H groups in total. The molecule has 0 unspecified atom stereocenters. The molecule has 0 aromatic carbocycles. The third-order valence-electron chi connectivity index (χ3n) is 6.65. The molecule has 0 bridgehead atoms. The van der Waals surface area contributed by atoms with E-state index >= 15 is 0 Å². The van der Waals surface area contributed by atoms with E-state index in [1.54, 1.807) is 10.4 Å². The topological polar surface area (TPSA) is 12.9 Å². The molecule has 0 amide bonds. The minimum atomic E-state index is 0.808. The first kappa shape index (κ1) is 19.4. The minimum absolute atomic E-state index is 0.808. The van der Waals surface area contributed by atoms with Crippen LogP contribution in [0, 0.1) is 0 Å². The van der Waals surface area contributed by atoms with Crippen molar-refractivity contribution in [1.82, 2.24) is 4.37 Å². The van der Waals surface area contributed by atoms with Gasteiger partial charge in [-0.3, -0.25) is 0 Å². The van der Waals surface area contributed by atoms with Gasteiger partial charge in [0.05, 0.1) is 0 Å². The van der Waals surface area contributed by atoms with Crippen LogP contribution in [0.4, 0.5) is 0 Å². The monoisotopic (exact) mass is 361 g/mol. The maximum absolute atomic E-state index is 4.71. The molecule has 1 heterocycles. The van der Waals surface area contributed by atoms with Gasteiger partial charge in [-0.1, -0.05) is 89.9 Å². The molecule has 0 aliphatic heterocycles. The zero-order valence-electron chi connectivity index (χ0n) is 16.3. The lowest BCUT2D eigenvalue weighted by molar-refractivity contribution is 0.446. The lowest BCUT2D eigenvalue weighted by Gasteiger charge is -2.23. The maximum Gasteiger partial charge on any atom is 0.0444 e. The van der Waals surface area contributed by atoms with Crippen molar-refractivity contribution < 1.29 is 0 Å². The molecule has 1 nitrogen and oxygen atoms in total. The van der Waals surface area contributed by atoms with Gasteiger partial charge in [-0.25, -0.2) is 4.37 Å². The van der Waals surface area contributed by atoms with Crippen LogP contribution in [0.2, 0.25) is 0 Å². The van der Waals surface area contributed by atoms with Crippen molar-refractivity contribution in [3.05, 3.63) is 16.6 Å². The Kier molecular flexibility index (Phi) is 8.82. The first-order valence-electron chi connectivity index (χ1n) is 11.4. The van der Waals surface area contributed by atoms with Crippen molar-refractivity contribution in [2.45, 2.75) is 127 Å². The molecular weight excluding hydrogens is 322 g/mol. The second-order valence-electron chi connectivity index (χ2n) is 8.64. The average Bonchev–Trinajstić information content (AvgIpc) is 3.13. The van der Waals surface area contributed by atoms with Crippen LogP contribution in [0.25, 0.3) is 0 Å². The highest BCUT2D eigenvalue weighted by Crippen LogP contribution is 2.40. The van der Waals surface area contributed by atoms with Gasteiger partial charge >= 0.3 is 0 Å². The molecule has 1 aromatic heterocycles. The van der Waals surface area contributed by atoms with Gasteiger partial charge in [0.2, 0.25) is 0 Å². The van der Waals surface area contributed by atoms with Crippen LogP contribution in [0.1, 0.15) is 138 Å². The maximum atomic E-state index is 4.71. The van der Waals surface area contributed by atoms with E-state index in [1.165, 1.54) is 116 Å². The first-order valence-corrected chi connectivity index (χ1v) is 12.2. The van der Waals surface area contributed by atoms with E-state index in [2.05, 4.69) is 6.20 Å². The summed E-state index contributed by atoms with van der Waals surface area (Å²) in [5.41, 5.74) is 1.67. The minimum Gasteiger partial charge on any atom is -0.201 e. The van der Waals surface area contributed by atoms with Crippen molar-refractivity contribution in [3.8, 4) is 0 Å². The standard InChI is InChI=1S/C23H39NS/c1-3-7-11-15-20(16-12-8-4-1)22-19-24-25-23(22)21-17-13-9-5-2-6-10-14-18-21/h19-21H,1-18H2. The van der Waals surface area contributed by atoms with E-state index in [1.807, 2.05) is 11.5 Å². The highest BCUT2D eigenvalue weighted by Gasteiger charge is 2.23. The molecule has 0 radical (unpaired) electrons. The molecule has 2 aliphatic carbocycles. The number of hydrogen-bond acceptors (Lipinski definition) is 2. The van der Waals surface area contributed by atoms with E-state index in [9.17, 15) is 0 Å². The van der Waals surface area contributed by atoms with E-state index in [0.717, 1.165) is 11.8 Å². The third kappa shape index (κ3) is 6.38. The number of rotatable bonds is 2. The number of aromatic nitrogens is 1. The summed E-state index contributed by atoms with van der Waals surface area (Å²) < 4.78 is 4.71. The normalized spacial score (nSPS) is 24.0. The summed E-state index contributed by atoms with van der Waals surface area (Å²) in [5.74, 6) is 1.62. The van der Waals surface area contributed by atoms with Crippen molar-refractivity contribution in [2.24, 2.45) is 0 Å². The molecule has 1 aromatic rings. The lowest BCUT2D eigenvalue weighted by atomic mass is 9.83. The summed E-state index contributed by atoms with van der Waals surface area (Å²) in [4.78, 5) is 1.70. The van der Waals surface area contributed by atoms with Crippen molar-refractivity contribution in [3.63, 3.8) is 0 Å². The van der Waals surface area contributed by atoms with Gasteiger partial charge in [-0.15, -0.1) is 0 Å². The van der Waals surface area contributed by atoms with Crippen molar-refractivity contribution in [2.75, 3.05) is 0 Å². The largest absolute Gasteiger partial charge is 0.201 e. The molecule has 25 heavy (non-hydrogen) atoms. The summed E-state index contributed by atoms with van der Waals surface area (Å²) in [7, 11) is 0. The fourth-order valence-corrected chi connectivity index (χ4v) is 6.06. The van der Waals surface area contributed by atoms with Crippen LogP contribution < -0.4 is 0 Å². The molecule has 2 saturated carbocycles. The average molecular weight is 362 g/mol. The molecule has 0 saturated heterocycles. The van der Waals surface area contributed by atoms with E-state index < -0.39 is 0 Å². The Morgan fingerprint density at radius 1 is 0.560 bits per heavy atom. The summed E-state index contributed by atoms with van der Waals surface area (Å²) >= 11 is 1.85. The zero-order chi connectivity index (χ0) is 17.2. The predicted octanol–water partition coefficient (Wildman–Crippen LogP) is 8.36. The van der Waals surface area contributed by atoms with Gasteiger partial charge in [0.15, 0.2) is 0 Å². The van der Waals surface area contributed by atoms with E-state index in [-0.39, 0.29) is 0 Å². The van der Waals surface area contributed by atoms with Crippen LogP contribution in [-0.4, -0.2) is 4.37 Å². The third-order valence-corrected chi connectivity index (χ3v) is 7.62. The molecule has 0 spiro atoms. The Bertz CT molecular complexity index is 406. The number of nitrogens with zero attached hydrogens (tertiary/aromatic N) is 1. The van der Waals surface area contributed by atoms with E-state index in [4.69, 9.17) is 4.37 Å². The lowest BCUT2D eigenvalue weighted by Crippen LogP contribution is -2.07. The molecule has 3 rings (SSSR count). The molecular formula is C23H39NS. The molecule has 2 fully saturated rings. The summed E-state index contributed by atoms with van der Waals surface area (Å²) in [6.07, 6.45) is 28.3. The van der Waals surface area contributed by atoms with Gasteiger partial charge in [-0.2, -0.15) is 0 Å². The summed E-state index contributed by atoms with van der Waals surface area (Å²) in [6.45, 7) is 0. The van der Waals surface area contributed by atoms with E-state index in [0.29, 0.717) is 0 Å². The smallest absolute Gasteiger partial charge is 0.0444 e. The quantitative estimate of drug-likeness (QED) is 0.515. The van der Waals surface area contributed by atoms with Crippen LogP contribution >= 0.6 is 11.5 Å². The van der Waals surface area contributed by atoms with Crippen LogP contribution in [0.3, 0.4) is 0 Å². The number of hydrogen-bond donors (Lipinski definition) is 0.